The molecule has 31 heavy (non-hydrogen) atoms. The van der Waals surface area contributed by atoms with Crippen molar-refractivity contribution < 1.29 is 0 Å². The Morgan fingerprint density at radius 3 is 2.19 bits per heavy atom. The van der Waals surface area contributed by atoms with Crippen LogP contribution < -0.4 is 0 Å². The molecule has 6 rings (SSSR count). The predicted molar refractivity (Wildman–Crippen MR) is 128 cm³/mol. The normalized spacial score (nSPS) is 14.6. The monoisotopic (exact) mass is 399 g/mol. The molecule has 5 aromatic rings. The molecule has 0 atom stereocenters. The maximum Gasteiger partial charge on any atom is 0.142 e. The number of nitrogens with zero attached hydrogens (tertiary/aromatic N) is 2. The second-order valence-corrected chi connectivity index (χ2v) is 8.03. The molecule has 0 bridgehead atoms. The predicted octanol–water partition coefficient (Wildman–Crippen LogP) is 6.20. The first-order valence-corrected chi connectivity index (χ1v) is 10.5. The van der Waals surface area contributed by atoms with Crippen molar-refractivity contribution in [3.8, 4) is 0 Å². The fraction of sp³-hybridized carbons (Fsp3) is 0.0714. The van der Waals surface area contributed by atoms with E-state index in [4.69, 9.17) is 10.4 Å². The van der Waals surface area contributed by atoms with Crippen molar-refractivity contribution in [2.24, 2.45) is 0 Å². The van der Waals surface area contributed by atoms with Gasteiger partial charge < -0.3 is 9.98 Å². The largest absolute Gasteiger partial charge is 0.310 e. The van der Waals surface area contributed by atoms with Gasteiger partial charge in [-0.25, -0.2) is 4.98 Å². The Hall–Kier alpha value is -3.98. The van der Waals surface area contributed by atoms with Crippen molar-refractivity contribution in [2.45, 2.75) is 12.0 Å². The molecule has 0 unspecified atom stereocenters. The molecule has 0 saturated carbocycles. The highest BCUT2D eigenvalue weighted by Crippen LogP contribution is 2.50. The molecule has 2 aromatic heterocycles. The molecule has 148 valence electrons. The highest BCUT2D eigenvalue weighted by molar-refractivity contribution is 6.10. The molecule has 0 saturated heterocycles. The van der Waals surface area contributed by atoms with Crippen molar-refractivity contribution in [2.75, 3.05) is 0 Å². The molecular formula is C28H21N3. The summed E-state index contributed by atoms with van der Waals surface area (Å²) < 4.78 is 2.46. The molecule has 1 aliphatic heterocycles. The highest BCUT2D eigenvalue weighted by atomic mass is 15.1. The summed E-state index contributed by atoms with van der Waals surface area (Å²) in [7, 11) is 0. The lowest BCUT2D eigenvalue weighted by Gasteiger charge is -2.34. The number of rotatable bonds is 4. The van der Waals surface area contributed by atoms with Crippen LogP contribution in [0.15, 0.2) is 97.2 Å². The zero-order valence-corrected chi connectivity index (χ0v) is 17.0. The Kier molecular flexibility index (Phi) is 3.90. The van der Waals surface area contributed by atoms with Gasteiger partial charge in [0.15, 0.2) is 0 Å². The fourth-order valence-corrected chi connectivity index (χ4v) is 5.27. The number of fused-ring (bicyclic) bond motifs is 3. The Labute approximate surface area is 180 Å². The maximum atomic E-state index is 7.46. The van der Waals surface area contributed by atoms with Gasteiger partial charge >= 0.3 is 0 Å². The van der Waals surface area contributed by atoms with E-state index in [1.54, 1.807) is 6.08 Å². The van der Waals surface area contributed by atoms with Gasteiger partial charge in [-0.1, -0.05) is 78.9 Å². The lowest BCUT2D eigenvalue weighted by atomic mass is 9.79. The van der Waals surface area contributed by atoms with Crippen molar-refractivity contribution in [1.82, 2.24) is 9.55 Å². The topological polar surface area (TPSA) is 41.7 Å². The minimum absolute atomic E-state index is 0.381. The van der Waals surface area contributed by atoms with Crippen LogP contribution in [-0.4, -0.2) is 15.8 Å². The van der Waals surface area contributed by atoms with E-state index < -0.39 is 0 Å². The summed E-state index contributed by atoms with van der Waals surface area (Å²) in [5.41, 5.74) is 6.85. The SMILES string of the molecule is N=C/C=C\c1ccc2c3cccnc3n3c2c1CC3(c1ccccc1)c1ccccc1. The van der Waals surface area contributed by atoms with Crippen LogP contribution in [0.5, 0.6) is 0 Å². The quantitative estimate of drug-likeness (QED) is 0.359. The smallest absolute Gasteiger partial charge is 0.142 e. The summed E-state index contributed by atoms with van der Waals surface area (Å²) in [5.74, 6) is 0. The van der Waals surface area contributed by atoms with E-state index in [2.05, 4.69) is 83.4 Å². The molecule has 0 fully saturated rings. The zero-order valence-electron chi connectivity index (χ0n) is 17.0. The van der Waals surface area contributed by atoms with Crippen molar-refractivity contribution in [3.63, 3.8) is 0 Å². The summed E-state index contributed by atoms with van der Waals surface area (Å²) >= 11 is 0. The first-order chi connectivity index (χ1) is 15.3. The molecule has 1 N–H and O–H groups in total. The van der Waals surface area contributed by atoms with E-state index in [-0.39, 0.29) is 5.54 Å². The van der Waals surface area contributed by atoms with Crippen LogP contribution in [0.4, 0.5) is 0 Å². The van der Waals surface area contributed by atoms with Gasteiger partial charge in [0.05, 0.1) is 5.52 Å². The highest BCUT2D eigenvalue weighted by Gasteiger charge is 2.44. The lowest BCUT2D eigenvalue weighted by molar-refractivity contribution is 0.477. The summed E-state index contributed by atoms with van der Waals surface area (Å²) in [6.45, 7) is 0. The first kappa shape index (κ1) is 17.8. The third kappa shape index (κ3) is 2.40. The molecule has 3 aromatic carbocycles. The summed E-state index contributed by atoms with van der Waals surface area (Å²) in [6.07, 6.45) is 7.92. The van der Waals surface area contributed by atoms with E-state index in [0.29, 0.717) is 0 Å². The van der Waals surface area contributed by atoms with Gasteiger partial charge in [0, 0.05) is 29.6 Å². The van der Waals surface area contributed by atoms with Crippen LogP contribution in [0, 0.1) is 5.41 Å². The van der Waals surface area contributed by atoms with Gasteiger partial charge in [-0.05, 0) is 40.5 Å². The average Bonchev–Trinajstić information content (AvgIpc) is 3.38. The summed E-state index contributed by atoms with van der Waals surface area (Å²) in [4.78, 5) is 4.87. The summed E-state index contributed by atoms with van der Waals surface area (Å²) in [6, 6.07) is 30.1. The van der Waals surface area contributed by atoms with Crippen LogP contribution in [0.25, 0.3) is 28.0 Å². The van der Waals surface area contributed by atoms with Gasteiger partial charge in [-0.15, -0.1) is 0 Å². The standard InChI is InChI=1S/C28H21N3/c29-17-7-9-20-15-16-23-24-14-8-18-30-27(24)31-26(23)25(20)19-28(31,21-10-3-1-4-11-21)22-12-5-2-6-13-22/h1-18,29H,19H2/b9-7-,29-17?. The maximum absolute atomic E-state index is 7.46. The zero-order chi connectivity index (χ0) is 20.8. The average molecular weight is 399 g/mol. The number of allylic oxidation sites excluding steroid dienone is 1. The minimum atomic E-state index is -0.381. The molecule has 3 heteroatoms. The second kappa shape index (κ2) is 6.78. The number of benzene rings is 3. The van der Waals surface area contributed by atoms with Crippen LogP contribution in [-0.2, 0) is 12.0 Å². The Bertz CT molecular complexity index is 1420. The second-order valence-electron chi connectivity index (χ2n) is 8.03. The van der Waals surface area contributed by atoms with Crippen LogP contribution in [0.2, 0.25) is 0 Å². The Balaban J connectivity index is 1.81. The first-order valence-electron chi connectivity index (χ1n) is 10.5. The summed E-state index contributed by atoms with van der Waals surface area (Å²) in [5, 5.41) is 9.88. The van der Waals surface area contributed by atoms with Crippen LogP contribution in [0.1, 0.15) is 22.3 Å². The van der Waals surface area contributed by atoms with Gasteiger partial charge in [-0.2, -0.15) is 0 Å². The molecule has 0 radical (unpaired) electrons. The number of hydrogen-bond acceptors (Lipinski definition) is 2. The van der Waals surface area contributed by atoms with E-state index in [1.165, 1.54) is 39.2 Å². The number of hydrogen-bond donors (Lipinski definition) is 1. The van der Waals surface area contributed by atoms with Crippen LogP contribution >= 0.6 is 0 Å². The Morgan fingerprint density at radius 2 is 1.52 bits per heavy atom. The molecule has 0 aliphatic carbocycles. The molecule has 0 spiro atoms. The van der Waals surface area contributed by atoms with E-state index in [1.807, 2.05) is 18.3 Å². The minimum Gasteiger partial charge on any atom is -0.310 e. The molecule has 3 nitrogen and oxygen atoms in total. The fourth-order valence-electron chi connectivity index (χ4n) is 5.27. The number of pyridine rings is 1. The van der Waals surface area contributed by atoms with Gasteiger partial charge in [0.1, 0.15) is 11.2 Å². The number of aromatic nitrogens is 2. The van der Waals surface area contributed by atoms with Gasteiger partial charge in [0.2, 0.25) is 0 Å². The lowest BCUT2D eigenvalue weighted by Crippen LogP contribution is -2.35. The van der Waals surface area contributed by atoms with Gasteiger partial charge in [-0.3, -0.25) is 0 Å². The van der Waals surface area contributed by atoms with E-state index in [9.17, 15) is 0 Å². The van der Waals surface area contributed by atoms with E-state index in [0.717, 1.165) is 17.6 Å². The third-order valence-corrected chi connectivity index (χ3v) is 6.52. The molecule has 1 aliphatic rings. The van der Waals surface area contributed by atoms with Crippen molar-refractivity contribution in [3.05, 3.63) is 119 Å². The van der Waals surface area contributed by atoms with Gasteiger partial charge in [0.25, 0.3) is 0 Å². The Morgan fingerprint density at radius 1 is 0.806 bits per heavy atom. The van der Waals surface area contributed by atoms with Crippen molar-refractivity contribution >= 4 is 34.2 Å². The molecule has 3 heterocycles. The van der Waals surface area contributed by atoms with Crippen LogP contribution in [0.3, 0.4) is 0 Å². The van der Waals surface area contributed by atoms with Crippen molar-refractivity contribution in [1.29, 1.82) is 5.41 Å². The third-order valence-electron chi connectivity index (χ3n) is 6.52. The molecular weight excluding hydrogens is 378 g/mol. The van der Waals surface area contributed by atoms with E-state index >= 15 is 0 Å². The molecule has 0 amide bonds. The number of nitrogens with one attached hydrogen (secondary N) is 1.